The van der Waals surface area contributed by atoms with Crippen LogP contribution in [0.5, 0.6) is 0 Å². The van der Waals surface area contributed by atoms with Gasteiger partial charge in [0.25, 0.3) is 11.8 Å². The Morgan fingerprint density at radius 1 is 0.852 bits per heavy atom. The standard InChI is InChI=1S/C22H27N3O2/c1-22(2,3)18-10-8-17(9-11-18)20(26)24-13-6-14-25(16-15-24)21(27)19-7-4-5-12-23-19/h4-5,7-12H,6,13-16H2,1-3H3. The Labute approximate surface area is 161 Å². The Balaban J connectivity index is 1.65. The third kappa shape index (κ3) is 4.54. The number of nitrogens with zero attached hydrogens (tertiary/aromatic N) is 3. The van der Waals surface area contributed by atoms with Crippen molar-refractivity contribution >= 4 is 11.8 Å². The highest BCUT2D eigenvalue weighted by Gasteiger charge is 2.24. The first-order chi connectivity index (χ1) is 12.9. The number of aromatic nitrogens is 1. The summed E-state index contributed by atoms with van der Waals surface area (Å²) in [4.78, 5) is 33.2. The molecule has 2 amide bonds. The molecular formula is C22H27N3O2. The van der Waals surface area contributed by atoms with Gasteiger partial charge in [0.15, 0.2) is 0 Å². The maximum atomic E-state index is 12.9. The lowest BCUT2D eigenvalue weighted by Gasteiger charge is -2.23. The third-order valence-corrected chi connectivity index (χ3v) is 4.95. The second-order valence-electron chi connectivity index (χ2n) is 7.98. The molecule has 0 saturated carbocycles. The van der Waals surface area contributed by atoms with E-state index < -0.39 is 0 Å². The van der Waals surface area contributed by atoms with Crippen molar-refractivity contribution in [2.24, 2.45) is 0 Å². The van der Waals surface area contributed by atoms with E-state index in [2.05, 4.69) is 25.8 Å². The SMILES string of the molecule is CC(C)(C)c1ccc(C(=O)N2CCCN(C(=O)c3ccccn3)CC2)cc1. The van der Waals surface area contributed by atoms with Crippen LogP contribution in [0.1, 0.15) is 53.6 Å². The lowest BCUT2D eigenvalue weighted by molar-refractivity contribution is 0.0715. The lowest BCUT2D eigenvalue weighted by Crippen LogP contribution is -2.37. The molecule has 1 aromatic carbocycles. The van der Waals surface area contributed by atoms with Crippen molar-refractivity contribution in [3.8, 4) is 0 Å². The minimum absolute atomic E-state index is 0.0302. The van der Waals surface area contributed by atoms with Gasteiger partial charge in [0.2, 0.25) is 0 Å². The topological polar surface area (TPSA) is 53.5 Å². The molecule has 1 saturated heterocycles. The largest absolute Gasteiger partial charge is 0.337 e. The van der Waals surface area contributed by atoms with E-state index in [1.165, 1.54) is 5.56 Å². The molecule has 5 nitrogen and oxygen atoms in total. The van der Waals surface area contributed by atoms with Gasteiger partial charge in [0.05, 0.1) is 0 Å². The average Bonchev–Trinajstić information content (AvgIpc) is 2.93. The van der Waals surface area contributed by atoms with Crippen molar-refractivity contribution in [3.05, 3.63) is 65.5 Å². The molecule has 1 aliphatic rings. The maximum absolute atomic E-state index is 12.9. The summed E-state index contributed by atoms with van der Waals surface area (Å²) in [6, 6.07) is 13.2. The van der Waals surface area contributed by atoms with E-state index in [1.807, 2.05) is 35.2 Å². The quantitative estimate of drug-likeness (QED) is 0.820. The molecule has 1 fully saturated rings. The number of pyridine rings is 1. The molecule has 0 bridgehead atoms. The Kier molecular flexibility index (Phi) is 5.59. The van der Waals surface area contributed by atoms with E-state index in [0.29, 0.717) is 37.4 Å². The molecule has 0 radical (unpaired) electrons. The predicted octanol–water partition coefficient (Wildman–Crippen LogP) is 3.37. The number of carbonyl (C=O) groups is 2. The van der Waals surface area contributed by atoms with Gasteiger partial charge in [-0.25, -0.2) is 0 Å². The zero-order chi connectivity index (χ0) is 19.4. The summed E-state index contributed by atoms with van der Waals surface area (Å²) < 4.78 is 0. The summed E-state index contributed by atoms with van der Waals surface area (Å²) in [6.07, 6.45) is 2.40. The number of rotatable bonds is 2. The zero-order valence-corrected chi connectivity index (χ0v) is 16.3. The molecule has 0 N–H and O–H groups in total. The van der Waals surface area contributed by atoms with Crippen molar-refractivity contribution in [1.29, 1.82) is 0 Å². The van der Waals surface area contributed by atoms with Crippen LogP contribution >= 0.6 is 0 Å². The fourth-order valence-corrected chi connectivity index (χ4v) is 3.27. The van der Waals surface area contributed by atoms with Crippen LogP contribution in [0.2, 0.25) is 0 Å². The predicted molar refractivity (Wildman–Crippen MR) is 106 cm³/mol. The monoisotopic (exact) mass is 365 g/mol. The summed E-state index contributed by atoms with van der Waals surface area (Å²) in [7, 11) is 0. The number of carbonyl (C=O) groups excluding carboxylic acids is 2. The van der Waals surface area contributed by atoms with Crippen molar-refractivity contribution in [3.63, 3.8) is 0 Å². The van der Waals surface area contributed by atoms with Crippen LogP contribution in [0.25, 0.3) is 0 Å². The highest BCUT2D eigenvalue weighted by molar-refractivity contribution is 5.95. The Bertz CT molecular complexity index is 795. The molecule has 142 valence electrons. The fraction of sp³-hybridized carbons (Fsp3) is 0.409. The Morgan fingerprint density at radius 2 is 1.48 bits per heavy atom. The van der Waals surface area contributed by atoms with Crippen LogP contribution in [0.15, 0.2) is 48.7 Å². The molecular weight excluding hydrogens is 338 g/mol. The number of hydrogen-bond donors (Lipinski definition) is 0. The zero-order valence-electron chi connectivity index (χ0n) is 16.3. The van der Waals surface area contributed by atoms with E-state index in [9.17, 15) is 9.59 Å². The van der Waals surface area contributed by atoms with Crippen molar-refractivity contribution < 1.29 is 9.59 Å². The minimum Gasteiger partial charge on any atom is -0.337 e. The second-order valence-corrected chi connectivity index (χ2v) is 7.98. The first kappa shape index (κ1) is 19.1. The minimum atomic E-state index is -0.0700. The third-order valence-electron chi connectivity index (χ3n) is 4.95. The first-order valence-electron chi connectivity index (χ1n) is 9.46. The second kappa shape index (κ2) is 7.91. The van der Waals surface area contributed by atoms with E-state index in [1.54, 1.807) is 23.2 Å². The lowest BCUT2D eigenvalue weighted by atomic mass is 9.86. The van der Waals surface area contributed by atoms with Crippen molar-refractivity contribution in [2.75, 3.05) is 26.2 Å². The van der Waals surface area contributed by atoms with E-state index >= 15 is 0 Å². The molecule has 2 aromatic rings. The summed E-state index contributed by atoms with van der Waals surface area (Å²) in [5.41, 5.74) is 2.43. The number of benzene rings is 1. The van der Waals surface area contributed by atoms with Gasteiger partial charge >= 0.3 is 0 Å². The highest BCUT2D eigenvalue weighted by atomic mass is 16.2. The van der Waals surface area contributed by atoms with Crippen LogP contribution in [-0.4, -0.2) is 52.8 Å². The van der Waals surface area contributed by atoms with Gasteiger partial charge in [-0.2, -0.15) is 0 Å². The fourth-order valence-electron chi connectivity index (χ4n) is 3.27. The molecule has 2 heterocycles. The normalized spacial score (nSPS) is 15.4. The van der Waals surface area contributed by atoms with Gasteiger partial charge in [-0.05, 0) is 41.7 Å². The molecule has 1 aromatic heterocycles. The summed E-state index contributed by atoms with van der Waals surface area (Å²) in [6.45, 7) is 8.84. The summed E-state index contributed by atoms with van der Waals surface area (Å²) >= 11 is 0. The Morgan fingerprint density at radius 3 is 2.04 bits per heavy atom. The summed E-state index contributed by atoms with van der Waals surface area (Å²) in [5, 5.41) is 0. The molecule has 1 aliphatic heterocycles. The van der Waals surface area contributed by atoms with Crippen LogP contribution < -0.4 is 0 Å². The number of hydrogen-bond acceptors (Lipinski definition) is 3. The molecule has 27 heavy (non-hydrogen) atoms. The van der Waals surface area contributed by atoms with Gasteiger partial charge in [-0.1, -0.05) is 39.0 Å². The van der Waals surface area contributed by atoms with Crippen LogP contribution in [-0.2, 0) is 5.41 Å². The maximum Gasteiger partial charge on any atom is 0.272 e. The molecule has 0 atom stereocenters. The van der Waals surface area contributed by atoms with Gasteiger partial charge in [0.1, 0.15) is 5.69 Å². The van der Waals surface area contributed by atoms with Gasteiger partial charge in [-0.3, -0.25) is 14.6 Å². The molecule has 3 rings (SSSR count). The summed E-state index contributed by atoms with van der Waals surface area (Å²) in [5.74, 6) is -0.0398. The van der Waals surface area contributed by atoms with Gasteiger partial charge in [-0.15, -0.1) is 0 Å². The number of amides is 2. The van der Waals surface area contributed by atoms with E-state index in [-0.39, 0.29) is 17.2 Å². The van der Waals surface area contributed by atoms with Gasteiger partial charge in [0, 0.05) is 37.9 Å². The van der Waals surface area contributed by atoms with Crippen LogP contribution in [0.3, 0.4) is 0 Å². The van der Waals surface area contributed by atoms with Crippen LogP contribution in [0, 0.1) is 0 Å². The average molecular weight is 365 g/mol. The smallest absolute Gasteiger partial charge is 0.272 e. The molecule has 5 heteroatoms. The molecule has 0 spiro atoms. The van der Waals surface area contributed by atoms with Crippen molar-refractivity contribution in [1.82, 2.24) is 14.8 Å². The van der Waals surface area contributed by atoms with E-state index in [4.69, 9.17) is 0 Å². The molecule has 0 aliphatic carbocycles. The van der Waals surface area contributed by atoms with Crippen LogP contribution in [0.4, 0.5) is 0 Å². The highest BCUT2D eigenvalue weighted by Crippen LogP contribution is 2.22. The van der Waals surface area contributed by atoms with E-state index in [0.717, 1.165) is 6.42 Å². The van der Waals surface area contributed by atoms with Crippen molar-refractivity contribution in [2.45, 2.75) is 32.6 Å². The Hall–Kier alpha value is -2.69. The van der Waals surface area contributed by atoms with Gasteiger partial charge < -0.3 is 9.80 Å². The molecule has 0 unspecified atom stereocenters. The first-order valence-corrected chi connectivity index (χ1v) is 9.46.